The molecule has 0 aromatic carbocycles. The maximum absolute atomic E-state index is 10.5. The average molecular weight is 168 g/mol. The molecule has 0 fully saturated rings. The maximum Gasteiger partial charge on any atom is 0.356 e. The standard InChI is InChI=1S/C7H8N2O3/c10-7(11)5-3-9-1-2-12-4-6(9)8-5/h3H,1-2,4H2,(H,10,11). The van der Waals surface area contributed by atoms with Crippen molar-refractivity contribution >= 4 is 5.97 Å². The molecule has 0 atom stereocenters. The van der Waals surface area contributed by atoms with E-state index < -0.39 is 5.97 Å². The van der Waals surface area contributed by atoms with Gasteiger partial charge in [0.15, 0.2) is 5.69 Å². The molecule has 1 N–H and O–H groups in total. The second-order valence-electron chi connectivity index (χ2n) is 2.59. The van der Waals surface area contributed by atoms with Gasteiger partial charge in [-0.05, 0) is 0 Å². The van der Waals surface area contributed by atoms with Gasteiger partial charge in [0.05, 0.1) is 6.61 Å². The highest BCUT2D eigenvalue weighted by Gasteiger charge is 2.15. The molecule has 0 saturated carbocycles. The number of aromatic nitrogens is 2. The number of rotatable bonds is 1. The minimum absolute atomic E-state index is 0.0931. The molecule has 5 nitrogen and oxygen atoms in total. The molecular weight excluding hydrogens is 160 g/mol. The Balaban J connectivity index is 2.38. The molecule has 0 unspecified atom stereocenters. The summed E-state index contributed by atoms with van der Waals surface area (Å²) >= 11 is 0. The Bertz CT molecular complexity index is 295. The number of fused-ring (bicyclic) bond motifs is 1. The lowest BCUT2D eigenvalue weighted by Crippen LogP contribution is -2.15. The SMILES string of the molecule is O=C(O)c1cn2c(n1)COCC2. The number of carboxylic acid groups (broad SMARTS) is 1. The zero-order valence-corrected chi connectivity index (χ0v) is 6.36. The van der Waals surface area contributed by atoms with E-state index in [4.69, 9.17) is 9.84 Å². The Labute approximate surface area is 68.6 Å². The van der Waals surface area contributed by atoms with E-state index in [2.05, 4.69) is 4.98 Å². The molecule has 1 aromatic rings. The van der Waals surface area contributed by atoms with Crippen LogP contribution in [0.3, 0.4) is 0 Å². The summed E-state index contributed by atoms with van der Waals surface area (Å²) in [6, 6.07) is 0. The molecule has 2 rings (SSSR count). The smallest absolute Gasteiger partial charge is 0.356 e. The molecule has 12 heavy (non-hydrogen) atoms. The molecule has 1 aliphatic heterocycles. The Hall–Kier alpha value is -1.36. The van der Waals surface area contributed by atoms with E-state index in [0.29, 0.717) is 25.6 Å². The van der Waals surface area contributed by atoms with Gasteiger partial charge in [-0.25, -0.2) is 9.78 Å². The zero-order chi connectivity index (χ0) is 8.55. The number of ether oxygens (including phenoxy) is 1. The van der Waals surface area contributed by atoms with Crippen molar-refractivity contribution in [2.75, 3.05) is 6.61 Å². The van der Waals surface area contributed by atoms with Crippen LogP contribution >= 0.6 is 0 Å². The van der Waals surface area contributed by atoms with Gasteiger partial charge < -0.3 is 14.4 Å². The number of hydrogen-bond donors (Lipinski definition) is 1. The topological polar surface area (TPSA) is 64.3 Å². The molecule has 0 radical (unpaired) electrons. The lowest BCUT2D eigenvalue weighted by atomic mass is 10.5. The highest BCUT2D eigenvalue weighted by atomic mass is 16.5. The largest absolute Gasteiger partial charge is 0.476 e. The van der Waals surface area contributed by atoms with Crippen LogP contribution in [0, 0.1) is 0 Å². The predicted molar refractivity (Wildman–Crippen MR) is 38.8 cm³/mol. The van der Waals surface area contributed by atoms with Crippen molar-refractivity contribution in [2.45, 2.75) is 13.2 Å². The van der Waals surface area contributed by atoms with Gasteiger partial charge in [0.25, 0.3) is 0 Å². The quantitative estimate of drug-likeness (QED) is 0.646. The summed E-state index contributed by atoms with van der Waals surface area (Å²) in [4.78, 5) is 14.4. The van der Waals surface area contributed by atoms with Crippen molar-refractivity contribution < 1.29 is 14.6 Å². The van der Waals surface area contributed by atoms with Crippen molar-refractivity contribution in [1.82, 2.24) is 9.55 Å². The van der Waals surface area contributed by atoms with Crippen molar-refractivity contribution in [3.8, 4) is 0 Å². The van der Waals surface area contributed by atoms with Crippen LogP contribution in [-0.2, 0) is 17.9 Å². The van der Waals surface area contributed by atoms with Crippen LogP contribution in [0.1, 0.15) is 16.3 Å². The maximum atomic E-state index is 10.5. The molecule has 0 saturated heterocycles. The highest BCUT2D eigenvalue weighted by Crippen LogP contribution is 2.09. The van der Waals surface area contributed by atoms with E-state index in [1.165, 1.54) is 0 Å². The lowest BCUT2D eigenvalue weighted by Gasteiger charge is -2.13. The van der Waals surface area contributed by atoms with Gasteiger partial charge in [-0.1, -0.05) is 0 Å². The summed E-state index contributed by atoms with van der Waals surface area (Å²) in [5.74, 6) is -0.296. The lowest BCUT2D eigenvalue weighted by molar-refractivity contribution is 0.0690. The molecule has 1 aromatic heterocycles. The van der Waals surface area contributed by atoms with Gasteiger partial charge in [0.2, 0.25) is 0 Å². The fourth-order valence-electron chi connectivity index (χ4n) is 1.19. The first-order valence-corrected chi connectivity index (χ1v) is 3.64. The van der Waals surface area contributed by atoms with Gasteiger partial charge in [-0.3, -0.25) is 0 Å². The second-order valence-corrected chi connectivity index (χ2v) is 2.59. The van der Waals surface area contributed by atoms with Crippen molar-refractivity contribution in [3.05, 3.63) is 17.7 Å². The Morgan fingerprint density at radius 2 is 2.58 bits per heavy atom. The minimum Gasteiger partial charge on any atom is -0.476 e. The molecule has 0 aliphatic carbocycles. The number of carbonyl (C=O) groups is 1. The van der Waals surface area contributed by atoms with E-state index >= 15 is 0 Å². The summed E-state index contributed by atoms with van der Waals surface area (Å²) < 4.78 is 6.93. The molecule has 2 heterocycles. The van der Waals surface area contributed by atoms with E-state index in [0.717, 1.165) is 0 Å². The van der Waals surface area contributed by atoms with Crippen molar-refractivity contribution in [2.24, 2.45) is 0 Å². The van der Waals surface area contributed by atoms with Crippen LogP contribution in [-0.4, -0.2) is 27.2 Å². The second kappa shape index (κ2) is 2.60. The number of imidazole rings is 1. The Kier molecular flexibility index (Phi) is 1.58. The van der Waals surface area contributed by atoms with Gasteiger partial charge in [0.1, 0.15) is 12.4 Å². The molecule has 0 amide bonds. The molecule has 64 valence electrons. The van der Waals surface area contributed by atoms with E-state index in [1.54, 1.807) is 6.20 Å². The minimum atomic E-state index is -0.989. The van der Waals surface area contributed by atoms with Crippen LogP contribution in [0.25, 0.3) is 0 Å². The third kappa shape index (κ3) is 1.08. The summed E-state index contributed by atoms with van der Waals surface area (Å²) in [5, 5.41) is 8.62. The molecule has 0 bridgehead atoms. The average Bonchev–Trinajstić information content (AvgIpc) is 2.46. The molecule has 0 spiro atoms. The number of hydrogen-bond acceptors (Lipinski definition) is 3. The van der Waals surface area contributed by atoms with Crippen LogP contribution < -0.4 is 0 Å². The molecule has 1 aliphatic rings. The van der Waals surface area contributed by atoms with Crippen molar-refractivity contribution in [1.29, 1.82) is 0 Å². The Morgan fingerprint density at radius 3 is 3.25 bits per heavy atom. The first-order chi connectivity index (χ1) is 5.77. The summed E-state index contributed by atoms with van der Waals surface area (Å²) in [6.45, 7) is 1.73. The van der Waals surface area contributed by atoms with Crippen LogP contribution in [0.2, 0.25) is 0 Å². The third-order valence-electron chi connectivity index (χ3n) is 1.79. The number of aromatic carboxylic acids is 1. The predicted octanol–water partition coefficient (Wildman–Crippen LogP) is 0.111. The van der Waals surface area contributed by atoms with Gasteiger partial charge in [-0.15, -0.1) is 0 Å². The zero-order valence-electron chi connectivity index (χ0n) is 6.36. The summed E-state index contributed by atoms with van der Waals surface area (Å²) in [6.07, 6.45) is 1.54. The third-order valence-corrected chi connectivity index (χ3v) is 1.79. The monoisotopic (exact) mass is 168 g/mol. The van der Waals surface area contributed by atoms with Crippen LogP contribution in [0.15, 0.2) is 6.20 Å². The van der Waals surface area contributed by atoms with Crippen LogP contribution in [0.4, 0.5) is 0 Å². The van der Waals surface area contributed by atoms with Gasteiger partial charge in [0, 0.05) is 12.7 Å². The first-order valence-electron chi connectivity index (χ1n) is 3.64. The fraction of sp³-hybridized carbons (Fsp3) is 0.429. The van der Waals surface area contributed by atoms with E-state index in [9.17, 15) is 4.79 Å². The number of nitrogens with zero attached hydrogens (tertiary/aromatic N) is 2. The fourth-order valence-corrected chi connectivity index (χ4v) is 1.19. The first kappa shape index (κ1) is 7.30. The van der Waals surface area contributed by atoms with Gasteiger partial charge in [-0.2, -0.15) is 0 Å². The summed E-state index contributed by atoms with van der Waals surface area (Å²) in [7, 11) is 0. The van der Waals surface area contributed by atoms with Crippen molar-refractivity contribution in [3.63, 3.8) is 0 Å². The molecular formula is C7H8N2O3. The normalized spacial score (nSPS) is 15.7. The van der Waals surface area contributed by atoms with E-state index in [1.807, 2.05) is 4.57 Å². The summed E-state index contributed by atoms with van der Waals surface area (Å²) in [5.41, 5.74) is 0.0931. The van der Waals surface area contributed by atoms with E-state index in [-0.39, 0.29) is 5.69 Å². The highest BCUT2D eigenvalue weighted by molar-refractivity contribution is 5.85. The van der Waals surface area contributed by atoms with Gasteiger partial charge >= 0.3 is 5.97 Å². The number of carboxylic acids is 1. The molecule has 5 heteroatoms. The Morgan fingerprint density at radius 1 is 1.75 bits per heavy atom. The van der Waals surface area contributed by atoms with Crippen LogP contribution in [0.5, 0.6) is 0 Å².